The monoisotopic (exact) mass is 426 g/mol. The van der Waals surface area contributed by atoms with Crippen LogP contribution in [0.3, 0.4) is 0 Å². The number of aryl methyl sites for hydroxylation is 1. The van der Waals surface area contributed by atoms with Crippen LogP contribution in [0.15, 0.2) is 42.6 Å². The number of carbonyl (C=O) groups excluding carboxylic acids is 1. The highest BCUT2D eigenvalue weighted by Crippen LogP contribution is 2.28. The molecular weight excluding hydrogens is 404 g/mol. The van der Waals surface area contributed by atoms with E-state index in [1.165, 1.54) is 18.4 Å². The first-order chi connectivity index (χ1) is 14.6. The molecule has 1 aromatic carbocycles. The van der Waals surface area contributed by atoms with Gasteiger partial charge in [0.25, 0.3) is 11.1 Å². The Morgan fingerprint density at radius 3 is 2.80 bits per heavy atom. The number of hydrogen-bond acceptors (Lipinski definition) is 9. The van der Waals surface area contributed by atoms with Gasteiger partial charge >= 0.3 is 0 Å². The van der Waals surface area contributed by atoms with Crippen molar-refractivity contribution < 1.29 is 14.3 Å². The number of amides is 1. The van der Waals surface area contributed by atoms with Crippen molar-refractivity contribution in [3.8, 4) is 5.19 Å². The molecule has 10 heteroatoms. The molecule has 0 saturated carbocycles. The van der Waals surface area contributed by atoms with Gasteiger partial charge in [-0.15, -0.1) is 10.2 Å². The van der Waals surface area contributed by atoms with E-state index in [0.717, 1.165) is 29.9 Å². The molecule has 0 radical (unpaired) electrons. The lowest BCUT2D eigenvalue weighted by Gasteiger charge is -2.16. The Labute approximate surface area is 178 Å². The Morgan fingerprint density at radius 2 is 2.07 bits per heavy atom. The summed E-state index contributed by atoms with van der Waals surface area (Å²) >= 11 is 1.19. The zero-order valence-electron chi connectivity index (χ0n) is 16.7. The minimum absolute atomic E-state index is 0.0252. The fourth-order valence-electron chi connectivity index (χ4n) is 3.25. The lowest BCUT2D eigenvalue weighted by Crippen LogP contribution is -2.25. The van der Waals surface area contributed by atoms with E-state index in [9.17, 15) is 4.79 Å². The number of ether oxygens (including phenoxy) is 2. The van der Waals surface area contributed by atoms with E-state index in [2.05, 4.69) is 30.6 Å². The maximum Gasteiger partial charge on any atom is 0.296 e. The van der Waals surface area contributed by atoms with E-state index in [4.69, 9.17) is 9.47 Å². The van der Waals surface area contributed by atoms with Crippen molar-refractivity contribution in [3.05, 3.63) is 53.7 Å². The molecule has 1 unspecified atom stereocenters. The summed E-state index contributed by atoms with van der Waals surface area (Å²) in [6.45, 7) is 3.52. The summed E-state index contributed by atoms with van der Waals surface area (Å²) in [4.78, 5) is 14.7. The predicted octanol–water partition coefficient (Wildman–Crippen LogP) is 2.62. The molecule has 0 spiro atoms. The minimum atomic E-state index is -0.728. The SMILES string of the molecule is COC(C(=O)Nc1nnc(O[C@@H]2CCN(c3cccnn3)C2)s1)c1ccc(C)cc1. The third-order valence-electron chi connectivity index (χ3n) is 4.79. The standard InChI is InChI=1S/C20H22N6O3S/c1-13-5-7-14(8-6-13)17(28-2)18(27)22-19-24-25-20(30-19)29-15-9-11-26(12-15)16-4-3-10-21-23-16/h3-8,10,15,17H,9,11-12H2,1-2H3,(H,22,24,27)/t15-,17?/m1/s1. The van der Waals surface area contributed by atoms with Crippen LogP contribution in [0, 0.1) is 6.92 Å². The average molecular weight is 427 g/mol. The molecule has 2 aromatic heterocycles. The summed E-state index contributed by atoms with van der Waals surface area (Å²) in [6, 6.07) is 11.4. The molecule has 1 fully saturated rings. The highest BCUT2D eigenvalue weighted by Gasteiger charge is 2.27. The molecule has 3 aromatic rings. The normalized spacial score (nSPS) is 17.0. The molecule has 1 N–H and O–H groups in total. The van der Waals surface area contributed by atoms with Gasteiger partial charge < -0.3 is 14.4 Å². The number of nitrogens with one attached hydrogen (secondary N) is 1. The van der Waals surface area contributed by atoms with Crippen molar-refractivity contribution >= 4 is 28.2 Å². The van der Waals surface area contributed by atoms with Crippen molar-refractivity contribution in [2.24, 2.45) is 0 Å². The Kier molecular flexibility index (Phi) is 6.15. The minimum Gasteiger partial charge on any atom is -0.464 e. The molecule has 1 amide bonds. The number of carbonyl (C=O) groups is 1. The fourth-order valence-corrected chi connectivity index (χ4v) is 3.92. The summed E-state index contributed by atoms with van der Waals surface area (Å²) in [6.07, 6.45) is 1.74. The molecule has 0 bridgehead atoms. The molecule has 1 aliphatic heterocycles. The van der Waals surface area contributed by atoms with Crippen LogP contribution in [0.4, 0.5) is 10.9 Å². The van der Waals surface area contributed by atoms with Crippen LogP contribution in [0.2, 0.25) is 0 Å². The first-order valence-corrected chi connectivity index (χ1v) is 10.4. The Bertz CT molecular complexity index is 982. The summed E-state index contributed by atoms with van der Waals surface area (Å²) < 4.78 is 11.3. The zero-order chi connectivity index (χ0) is 20.9. The van der Waals surface area contributed by atoms with E-state index in [1.807, 2.05) is 43.3 Å². The lowest BCUT2D eigenvalue weighted by molar-refractivity contribution is -0.126. The largest absolute Gasteiger partial charge is 0.464 e. The molecular formula is C20H22N6O3S. The molecule has 156 valence electrons. The second-order valence-corrected chi connectivity index (χ2v) is 7.89. The Balaban J connectivity index is 1.34. The topological polar surface area (TPSA) is 102 Å². The third-order valence-corrected chi connectivity index (χ3v) is 5.51. The Hall–Kier alpha value is -3.11. The summed E-state index contributed by atoms with van der Waals surface area (Å²) in [5.74, 6) is 0.522. The number of benzene rings is 1. The van der Waals surface area contributed by atoms with Crippen LogP contribution in [-0.4, -0.2) is 52.6 Å². The van der Waals surface area contributed by atoms with Crippen molar-refractivity contribution in [3.63, 3.8) is 0 Å². The quantitative estimate of drug-likeness (QED) is 0.615. The van der Waals surface area contributed by atoms with Crippen LogP contribution >= 0.6 is 11.3 Å². The van der Waals surface area contributed by atoms with Gasteiger partial charge in [-0.05, 0) is 36.0 Å². The number of rotatable bonds is 7. The highest BCUT2D eigenvalue weighted by atomic mass is 32.1. The number of hydrogen-bond donors (Lipinski definition) is 1. The van der Waals surface area contributed by atoms with E-state index < -0.39 is 6.10 Å². The molecule has 4 rings (SSSR count). The molecule has 1 aliphatic rings. The van der Waals surface area contributed by atoms with Crippen LogP contribution in [0.1, 0.15) is 23.7 Å². The number of methoxy groups -OCH3 is 1. The van der Waals surface area contributed by atoms with E-state index in [-0.39, 0.29) is 12.0 Å². The molecule has 3 heterocycles. The summed E-state index contributed by atoms with van der Waals surface area (Å²) in [5, 5.41) is 19.7. The smallest absolute Gasteiger partial charge is 0.296 e. The maximum absolute atomic E-state index is 12.6. The molecule has 2 atom stereocenters. The van der Waals surface area contributed by atoms with Crippen LogP contribution in [0.5, 0.6) is 5.19 Å². The number of nitrogens with zero attached hydrogens (tertiary/aromatic N) is 5. The predicted molar refractivity (Wildman–Crippen MR) is 113 cm³/mol. The van der Waals surface area contributed by atoms with Gasteiger partial charge in [-0.25, -0.2) is 0 Å². The first kappa shape index (κ1) is 20.2. The average Bonchev–Trinajstić information content (AvgIpc) is 3.40. The van der Waals surface area contributed by atoms with Gasteiger partial charge in [0, 0.05) is 26.3 Å². The number of anilines is 2. The van der Waals surface area contributed by atoms with Gasteiger partial charge in [-0.2, -0.15) is 5.10 Å². The summed E-state index contributed by atoms with van der Waals surface area (Å²) in [5.41, 5.74) is 1.89. The fraction of sp³-hybridized carbons (Fsp3) is 0.350. The van der Waals surface area contributed by atoms with Gasteiger partial charge in [0.05, 0.1) is 6.54 Å². The maximum atomic E-state index is 12.6. The number of aromatic nitrogens is 4. The molecule has 0 aliphatic carbocycles. The highest BCUT2D eigenvalue weighted by molar-refractivity contribution is 7.17. The van der Waals surface area contributed by atoms with E-state index in [1.54, 1.807) is 6.20 Å². The molecule has 30 heavy (non-hydrogen) atoms. The zero-order valence-corrected chi connectivity index (χ0v) is 17.5. The van der Waals surface area contributed by atoms with E-state index in [0.29, 0.717) is 16.9 Å². The van der Waals surface area contributed by atoms with Gasteiger partial charge in [0.15, 0.2) is 11.9 Å². The van der Waals surface area contributed by atoms with Crippen molar-refractivity contribution in [2.45, 2.75) is 25.6 Å². The van der Waals surface area contributed by atoms with Crippen molar-refractivity contribution in [1.82, 2.24) is 20.4 Å². The summed E-state index contributed by atoms with van der Waals surface area (Å²) in [7, 11) is 1.50. The molecule has 1 saturated heterocycles. The van der Waals surface area contributed by atoms with Crippen molar-refractivity contribution in [1.29, 1.82) is 0 Å². The Morgan fingerprint density at radius 1 is 1.23 bits per heavy atom. The second-order valence-electron chi connectivity index (χ2n) is 6.95. The molecule has 9 nitrogen and oxygen atoms in total. The van der Waals surface area contributed by atoms with Crippen LogP contribution in [0.25, 0.3) is 0 Å². The van der Waals surface area contributed by atoms with Gasteiger partial charge in [-0.1, -0.05) is 34.9 Å². The lowest BCUT2D eigenvalue weighted by atomic mass is 10.1. The van der Waals surface area contributed by atoms with Gasteiger partial charge in [-0.3, -0.25) is 10.1 Å². The van der Waals surface area contributed by atoms with Crippen LogP contribution < -0.4 is 15.0 Å². The third kappa shape index (κ3) is 4.71. The van der Waals surface area contributed by atoms with E-state index >= 15 is 0 Å². The first-order valence-electron chi connectivity index (χ1n) is 9.55. The van der Waals surface area contributed by atoms with Gasteiger partial charge in [0.2, 0.25) is 5.13 Å². The van der Waals surface area contributed by atoms with Crippen LogP contribution in [-0.2, 0) is 9.53 Å². The van der Waals surface area contributed by atoms with Crippen molar-refractivity contribution in [2.75, 3.05) is 30.4 Å². The second kappa shape index (κ2) is 9.14. The van der Waals surface area contributed by atoms with Gasteiger partial charge in [0.1, 0.15) is 6.10 Å².